The van der Waals surface area contributed by atoms with Crippen molar-refractivity contribution in [3.8, 4) is 22.3 Å². The number of hydrogen-bond acceptors (Lipinski definition) is 2. The van der Waals surface area contributed by atoms with Gasteiger partial charge in [-0.3, -0.25) is 9.97 Å². The van der Waals surface area contributed by atoms with E-state index in [0.29, 0.717) is 11.8 Å². The van der Waals surface area contributed by atoms with E-state index < -0.39 is 0 Å². The minimum atomic E-state index is 0.566. The van der Waals surface area contributed by atoms with Crippen LogP contribution >= 0.6 is 0 Å². The fourth-order valence-electron chi connectivity index (χ4n) is 4.24. The van der Waals surface area contributed by atoms with Crippen molar-refractivity contribution in [2.45, 2.75) is 53.4 Å². The summed E-state index contributed by atoms with van der Waals surface area (Å²) in [7, 11) is 0. The number of pyridine rings is 2. The van der Waals surface area contributed by atoms with E-state index in [1.807, 2.05) is 30.9 Å². The summed E-state index contributed by atoms with van der Waals surface area (Å²) in [5.74, 6) is 1.14. The van der Waals surface area contributed by atoms with Gasteiger partial charge in [0.25, 0.3) is 0 Å². The molecule has 2 aromatic carbocycles. The van der Waals surface area contributed by atoms with Gasteiger partial charge in [0.2, 0.25) is 0 Å². The highest BCUT2D eigenvalue weighted by atomic mass is 14.6. The molecule has 0 aliphatic heterocycles. The molecule has 2 heteroatoms. The average molecular weight is 423 g/mol. The van der Waals surface area contributed by atoms with Crippen molar-refractivity contribution in [2.24, 2.45) is 0 Å². The predicted octanol–water partition coefficient (Wildman–Crippen LogP) is 8.36. The van der Waals surface area contributed by atoms with Gasteiger partial charge in [0.15, 0.2) is 0 Å². The Bertz CT molecular complexity index is 1040. The van der Waals surface area contributed by atoms with Gasteiger partial charge in [-0.15, -0.1) is 0 Å². The second kappa shape index (κ2) is 10.9. The largest absolute Gasteiger partial charge is 0.265 e. The summed E-state index contributed by atoms with van der Waals surface area (Å²) in [6.07, 6.45) is 7.42. The molecule has 32 heavy (non-hydrogen) atoms. The lowest BCUT2D eigenvalue weighted by atomic mass is 9.91. The van der Waals surface area contributed by atoms with Gasteiger partial charge in [0, 0.05) is 30.4 Å². The van der Waals surface area contributed by atoms with Crippen molar-refractivity contribution in [1.82, 2.24) is 9.97 Å². The van der Waals surface area contributed by atoms with Crippen LogP contribution in [0.1, 0.15) is 61.8 Å². The highest BCUT2D eigenvalue weighted by Gasteiger charge is 2.09. The van der Waals surface area contributed by atoms with Crippen LogP contribution in [0.15, 0.2) is 85.5 Å². The first-order valence-electron chi connectivity index (χ1n) is 11.4. The van der Waals surface area contributed by atoms with E-state index >= 15 is 0 Å². The highest BCUT2D eigenvalue weighted by Crippen LogP contribution is 2.29. The third-order valence-corrected chi connectivity index (χ3v) is 5.96. The average Bonchev–Trinajstić information content (AvgIpc) is 2.80. The van der Waals surface area contributed by atoms with E-state index in [2.05, 4.69) is 106 Å². The number of rotatable bonds is 4. The molecule has 2 heterocycles. The molecular weight excluding hydrogens is 388 g/mol. The Morgan fingerprint density at radius 2 is 1.06 bits per heavy atom. The molecule has 0 amide bonds. The summed E-state index contributed by atoms with van der Waals surface area (Å²) in [5, 5.41) is 0. The van der Waals surface area contributed by atoms with Crippen molar-refractivity contribution < 1.29 is 0 Å². The molecule has 0 saturated heterocycles. The Balaban J connectivity index is 0.000000181. The second-order valence-electron chi connectivity index (χ2n) is 8.83. The van der Waals surface area contributed by atoms with Gasteiger partial charge in [-0.05, 0) is 82.8 Å². The molecular formula is C30H34N2. The minimum Gasteiger partial charge on any atom is -0.265 e. The molecule has 4 aromatic rings. The van der Waals surface area contributed by atoms with Crippen LogP contribution < -0.4 is 0 Å². The van der Waals surface area contributed by atoms with Crippen LogP contribution in [0.3, 0.4) is 0 Å². The second-order valence-corrected chi connectivity index (χ2v) is 8.83. The summed E-state index contributed by atoms with van der Waals surface area (Å²) in [6.45, 7) is 13.3. The van der Waals surface area contributed by atoms with E-state index in [0.717, 1.165) is 0 Å². The van der Waals surface area contributed by atoms with E-state index in [-0.39, 0.29) is 0 Å². The monoisotopic (exact) mass is 422 g/mol. The Hall–Kier alpha value is -3.26. The van der Waals surface area contributed by atoms with Crippen molar-refractivity contribution in [3.63, 3.8) is 0 Å². The summed E-state index contributed by atoms with van der Waals surface area (Å²) < 4.78 is 0. The third-order valence-electron chi connectivity index (χ3n) is 5.96. The first kappa shape index (κ1) is 23.4. The lowest BCUT2D eigenvalue weighted by molar-refractivity contribution is 0.857. The first-order chi connectivity index (χ1) is 15.4. The van der Waals surface area contributed by atoms with Gasteiger partial charge >= 0.3 is 0 Å². The van der Waals surface area contributed by atoms with Gasteiger partial charge < -0.3 is 0 Å². The van der Waals surface area contributed by atoms with Gasteiger partial charge in [-0.2, -0.15) is 0 Å². The molecule has 0 radical (unpaired) electrons. The Morgan fingerprint density at radius 3 is 1.53 bits per heavy atom. The molecule has 0 saturated carbocycles. The van der Waals surface area contributed by atoms with E-state index in [1.165, 1.54) is 44.5 Å². The van der Waals surface area contributed by atoms with E-state index in [9.17, 15) is 0 Å². The summed E-state index contributed by atoms with van der Waals surface area (Å²) in [5.41, 5.74) is 10.6. The minimum absolute atomic E-state index is 0.566. The van der Waals surface area contributed by atoms with E-state index in [1.54, 1.807) is 0 Å². The van der Waals surface area contributed by atoms with Crippen LogP contribution in [0.5, 0.6) is 0 Å². The van der Waals surface area contributed by atoms with Crippen LogP contribution in [0, 0.1) is 13.8 Å². The molecule has 0 aliphatic carbocycles. The molecule has 0 unspecified atom stereocenters. The third kappa shape index (κ3) is 5.50. The van der Waals surface area contributed by atoms with Crippen molar-refractivity contribution in [1.29, 1.82) is 0 Å². The normalized spacial score (nSPS) is 10.8. The van der Waals surface area contributed by atoms with E-state index in [4.69, 9.17) is 0 Å². The fraction of sp³-hybridized carbons (Fsp3) is 0.267. The predicted molar refractivity (Wildman–Crippen MR) is 137 cm³/mol. The topological polar surface area (TPSA) is 25.8 Å². The number of benzene rings is 2. The zero-order valence-electron chi connectivity index (χ0n) is 20.1. The van der Waals surface area contributed by atoms with Gasteiger partial charge in [0.1, 0.15) is 0 Å². The Labute approximate surface area is 193 Å². The van der Waals surface area contributed by atoms with Gasteiger partial charge in [0.05, 0.1) is 0 Å². The zero-order chi connectivity index (χ0) is 23.1. The zero-order valence-corrected chi connectivity index (χ0v) is 20.1. The molecule has 2 nitrogen and oxygen atoms in total. The maximum Gasteiger partial charge on any atom is 0.0346 e. The van der Waals surface area contributed by atoms with Crippen LogP contribution in [-0.4, -0.2) is 9.97 Å². The summed E-state index contributed by atoms with van der Waals surface area (Å²) in [6, 6.07) is 21.2. The maximum absolute atomic E-state index is 4.18. The van der Waals surface area contributed by atoms with Crippen LogP contribution in [-0.2, 0) is 0 Å². The molecule has 4 rings (SSSR count). The number of aromatic nitrogens is 2. The molecule has 0 N–H and O–H groups in total. The maximum atomic E-state index is 4.18. The number of hydrogen-bond donors (Lipinski definition) is 0. The van der Waals surface area contributed by atoms with Crippen LogP contribution in [0.2, 0.25) is 0 Å². The quantitative estimate of drug-likeness (QED) is 0.330. The van der Waals surface area contributed by atoms with Crippen LogP contribution in [0.4, 0.5) is 0 Å². The first-order valence-corrected chi connectivity index (χ1v) is 11.4. The molecule has 0 spiro atoms. The summed E-state index contributed by atoms with van der Waals surface area (Å²) in [4.78, 5) is 8.23. The van der Waals surface area contributed by atoms with Crippen molar-refractivity contribution >= 4 is 0 Å². The lowest BCUT2D eigenvalue weighted by Gasteiger charge is -2.13. The van der Waals surface area contributed by atoms with Crippen molar-refractivity contribution in [3.05, 3.63) is 108 Å². The fourth-order valence-corrected chi connectivity index (χ4v) is 4.24. The SMILES string of the molecule is Cc1c(-c2cccnc2)cccc1C(C)C.Cc1c(-c2ccncc2)cccc1C(C)C. The van der Waals surface area contributed by atoms with Crippen molar-refractivity contribution in [2.75, 3.05) is 0 Å². The Morgan fingerprint density at radius 1 is 0.531 bits per heavy atom. The molecule has 164 valence electrons. The summed E-state index contributed by atoms with van der Waals surface area (Å²) >= 11 is 0. The highest BCUT2D eigenvalue weighted by molar-refractivity contribution is 5.69. The van der Waals surface area contributed by atoms with Crippen LogP contribution in [0.25, 0.3) is 22.3 Å². The smallest absolute Gasteiger partial charge is 0.0346 e. The molecule has 0 fully saturated rings. The molecule has 0 aliphatic rings. The molecule has 2 aromatic heterocycles. The number of nitrogens with zero attached hydrogens (tertiary/aromatic N) is 2. The van der Waals surface area contributed by atoms with Gasteiger partial charge in [-0.25, -0.2) is 0 Å². The van der Waals surface area contributed by atoms with Gasteiger partial charge in [-0.1, -0.05) is 70.2 Å². The standard InChI is InChI=1S/2C15H17N/c1-11(2)14-7-4-8-15(12(14)3)13-6-5-9-16-10-13;1-11(2)14-5-4-6-15(12(14)3)13-7-9-16-10-8-13/h2*4-11H,1-3H3. The molecule has 0 atom stereocenters. The lowest BCUT2D eigenvalue weighted by Crippen LogP contribution is -1.94. The molecule has 0 bridgehead atoms. The Kier molecular flexibility index (Phi) is 7.94.